The zero-order valence-corrected chi connectivity index (χ0v) is 26.3. The molecule has 1 spiro atoms. The number of thioether (sulfide) groups is 1. The van der Waals surface area contributed by atoms with E-state index in [1.54, 1.807) is 22.7 Å². The molecule has 0 saturated carbocycles. The summed E-state index contributed by atoms with van der Waals surface area (Å²) in [7, 11) is 0. The fourth-order valence-electron chi connectivity index (χ4n) is 7.55. The highest BCUT2D eigenvalue weighted by molar-refractivity contribution is 8.02. The summed E-state index contributed by atoms with van der Waals surface area (Å²) in [5.41, 5.74) is 0.980. The van der Waals surface area contributed by atoms with Gasteiger partial charge in [-0.25, -0.2) is 0 Å². The zero-order chi connectivity index (χ0) is 30.4. The maximum absolute atomic E-state index is 14.8. The maximum Gasteiger partial charge on any atom is 0.310 e. The van der Waals surface area contributed by atoms with Gasteiger partial charge in [0.1, 0.15) is 6.04 Å². The molecule has 3 saturated heterocycles. The highest BCUT2D eigenvalue weighted by Crippen LogP contribution is 2.69. The first-order valence-electron chi connectivity index (χ1n) is 15.6. The maximum atomic E-state index is 14.8. The molecule has 3 fully saturated rings. The van der Waals surface area contributed by atoms with Gasteiger partial charge in [0, 0.05) is 17.8 Å². The lowest BCUT2D eigenvalue weighted by Crippen LogP contribution is -2.60. The SMILES string of the molecule is C=CCCCCOC(=O)[C@@H]1[C@@H]2CC(C)C3(S2)C(C(=O)N(CC=C)C(C)CCC)N([C@@H](CO)Cc2ccccc2)C(=O)[C@H]13. The molecule has 4 rings (SSSR count). The third-order valence-electron chi connectivity index (χ3n) is 9.50. The van der Waals surface area contributed by atoms with E-state index < -0.39 is 28.7 Å². The quantitative estimate of drug-likeness (QED) is 0.164. The van der Waals surface area contributed by atoms with Crippen LogP contribution in [0.1, 0.15) is 64.9 Å². The lowest BCUT2D eigenvalue weighted by atomic mass is 9.66. The summed E-state index contributed by atoms with van der Waals surface area (Å²) in [6, 6.07) is 8.33. The second-order valence-electron chi connectivity index (χ2n) is 12.2. The molecule has 42 heavy (non-hydrogen) atoms. The molecule has 8 heteroatoms. The van der Waals surface area contributed by atoms with Gasteiger partial charge in [0.2, 0.25) is 11.8 Å². The Morgan fingerprint density at radius 2 is 1.98 bits per heavy atom. The van der Waals surface area contributed by atoms with E-state index in [2.05, 4.69) is 27.0 Å². The Hall–Kier alpha value is -2.58. The van der Waals surface area contributed by atoms with Crippen molar-refractivity contribution < 1.29 is 24.2 Å². The monoisotopic (exact) mass is 596 g/mol. The van der Waals surface area contributed by atoms with Gasteiger partial charge in [-0.15, -0.1) is 24.9 Å². The number of hydrogen-bond donors (Lipinski definition) is 1. The molecule has 3 heterocycles. The van der Waals surface area contributed by atoms with E-state index in [0.717, 1.165) is 44.1 Å². The Morgan fingerprint density at radius 3 is 2.62 bits per heavy atom. The van der Waals surface area contributed by atoms with Crippen LogP contribution in [-0.4, -0.2) is 80.6 Å². The molecule has 1 N–H and O–H groups in total. The van der Waals surface area contributed by atoms with E-state index in [-0.39, 0.29) is 41.6 Å². The summed E-state index contributed by atoms with van der Waals surface area (Å²) in [5, 5.41) is 10.6. The minimum atomic E-state index is -0.787. The summed E-state index contributed by atoms with van der Waals surface area (Å²) in [4.78, 5) is 46.5. The van der Waals surface area contributed by atoms with Gasteiger partial charge in [-0.3, -0.25) is 14.4 Å². The number of allylic oxidation sites excluding steroid dienone is 1. The number of fused-ring (bicyclic) bond motifs is 1. The molecule has 2 bridgehead atoms. The number of likely N-dealkylation sites (tertiary alicyclic amines) is 1. The van der Waals surface area contributed by atoms with Crippen molar-refractivity contribution in [3.63, 3.8) is 0 Å². The van der Waals surface area contributed by atoms with Crippen molar-refractivity contribution in [2.75, 3.05) is 19.8 Å². The van der Waals surface area contributed by atoms with Crippen molar-refractivity contribution in [3.8, 4) is 0 Å². The Bertz CT molecular complexity index is 1130. The van der Waals surface area contributed by atoms with Crippen molar-refractivity contribution in [1.29, 1.82) is 0 Å². The zero-order valence-electron chi connectivity index (χ0n) is 25.5. The van der Waals surface area contributed by atoms with Gasteiger partial charge in [-0.2, -0.15) is 0 Å². The summed E-state index contributed by atoms with van der Waals surface area (Å²) in [6.07, 6.45) is 9.00. The van der Waals surface area contributed by atoms with Crippen molar-refractivity contribution in [1.82, 2.24) is 9.80 Å². The van der Waals surface area contributed by atoms with Crippen LogP contribution in [0.5, 0.6) is 0 Å². The van der Waals surface area contributed by atoms with Crippen LogP contribution in [0.4, 0.5) is 0 Å². The number of amides is 2. The number of hydrogen-bond acceptors (Lipinski definition) is 6. The van der Waals surface area contributed by atoms with Crippen LogP contribution >= 0.6 is 11.8 Å². The van der Waals surface area contributed by atoms with Gasteiger partial charge < -0.3 is 19.6 Å². The summed E-state index contributed by atoms with van der Waals surface area (Å²) < 4.78 is 5.00. The van der Waals surface area contributed by atoms with Gasteiger partial charge in [0.25, 0.3) is 0 Å². The predicted molar refractivity (Wildman–Crippen MR) is 168 cm³/mol. The van der Waals surface area contributed by atoms with Crippen LogP contribution in [0, 0.1) is 17.8 Å². The number of carbonyl (C=O) groups excluding carboxylic acids is 3. The molecular formula is C34H48N2O5S. The van der Waals surface area contributed by atoms with E-state index in [1.165, 1.54) is 0 Å². The van der Waals surface area contributed by atoms with Gasteiger partial charge in [0.05, 0.1) is 35.8 Å². The number of esters is 1. The van der Waals surface area contributed by atoms with Gasteiger partial charge >= 0.3 is 5.97 Å². The van der Waals surface area contributed by atoms with Crippen LogP contribution in [0.2, 0.25) is 0 Å². The lowest BCUT2D eigenvalue weighted by molar-refractivity contribution is -0.155. The fourth-order valence-corrected chi connectivity index (χ4v) is 9.94. The third kappa shape index (κ3) is 5.94. The standard InChI is InChI=1S/C34H48N2O5S/c1-6-9-10-14-19-41-33(40)28-27-20-23(4)34(42-27)29(28)31(38)36(26(22-37)21-25-16-12-11-13-17-25)30(34)32(39)35(18-8-3)24(5)15-7-2/h6,8,11-13,16-17,23-24,26-30,37H,1,3,7,9-10,14-15,18-22H2,2,4-5H3/t23?,24?,26-,27+,28-,29+,30?,34?/m1/s1. The summed E-state index contributed by atoms with van der Waals surface area (Å²) in [6.45, 7) is 14.3. The minimum Gasteiger partial charge on any atom is -0.465 e. The first-order valence-corrected chi connectivity index (χ1v) is 16.5. The number of nitrogens with zero attached hydrogens (tertiary/aromatic N) is 2. The number of unbranched alkanes of at least 4 members (excludes halogenated alkanes) is 2. The third-order valence-corrected chi connectivity index (χ3v) is 11.6. The van der Waals surface area contributed by atoms with E-state index >= 15 is 0 Å². The van der Waals surface area contributed by atoms with Crippen LogP contribution in [-0.2, 0) is 25.5 Å². The van der Waals surface area contributed by atoms with Gasteiger partial charge in [-0.1, -0.05) is 62.8 Å². The van der Waals surface area contributed by atoms with Crippen molar-refractivity contribution >= 4 is 29.5 Å². The minimum absolute atomic E-state index is 0.0372. The van der Waals surface area contributed by atoms with Crippen molar-refractivity contribution in [2.24, 2.45) is 17.8 Å². The van der Waals surface area contributed by atoms with E-state index in [4.69, 9.17) is 4.74 Å². The number of aliphatic hydroxyl groups excluding tert-OH is 1. The molecule has 0 aliphatic carbocycles. The van der Waals surface area contributed by atoms with E-state index in [0.29, 0.717) is 19.6 Å². The van der Waals surface area contributed by atoms with Crippen molar-refractivity contribution in [2.45, 2.75) is 93.8 Å². The molecule has 3 aliphatic heterocycles. The van der Waals surface area contributed by atoms with Crippen LogP contribution in [0.3, 0.4) is 0 Å². The molecule has 1 aromatic carbocycles. The highest BCUT2D eigenvalue weighted by Gasteiger charge is 2.77. The normalized spacial score (nSPS) is 29.2. The Morgan fingerprint density at radius 1 is 1.24 bits per heavy atom. The number of rotatable bonds is 16. The molecule has 1 aromatic rings. The molecule has 0 aromatic heterocycles. The van der Waals surface area contributed by atoms with Gasteiger partial charge in [-0.05, 0) is 56.9 Å². The fraction of sp³-hybridized carbons (Fsp3) is 0.618. The number of aliphatic hydroxyl groups is 1. The first-order chi connectivity index (χ1) is 20.3. The molecule has 0 radical (unpaired) electrons. The Balaban J connectivity index is 1.74. The smallest absolute Gasteiger partial charge is 0.310 e. The lowest BCUT2D eigenvalue weighted by Gasteiger charge is -2.43. The van der Waals surface area contributed by atoms with Crippen LogP contribution in [0.25, 0.3) is 0 Å². The molecule has 8 atom stereocenters. The molecule has 230 valence electrons. The number of ether oxygens (including phenoxy) is 1. The average molecular weight is 597 g/mol. The molecule has 3 aliphatic rings. The molecule has 7 nitrogen and oxygen atoms in total. The first kappa shape index (κ1) is 32.3. The highest BCUT2D eigenvalue weighted by atomic mass is 32.2. The second kappa shape index (κ2) is 14.3. The Kier molecular flexibility index (Phi) is 11.0. The number of carbonyl (C=O) groups is 3. The van der Waals surface area contributed by atoms with Crippen molar-refractivity contribution in [3.05, 3.63) is 61.2 Å². The van der Waals surface area contributed by atoms with Crippen LogP contribution in [0.15, 0.2) is 55.6 Å². The summed E-state index contributed by atoms with van der Waals surface area (Å²) >= 11 is 1.65. The summed E-state index contributed by atoms with van der Waals surface area (Å²) in [5.74, 6) is -1.88. The van der Waals surface area contributed by atoms with E-state index in [9.17, 15) is 19.5 Å². The van der Waals surface area contributed by atoms with Crippen LogP contribution < -0.4 is 0 Å². The largest absolute Gasteiger partial charge is 0.465 e. The average Bonchev–Trinajstić information content (AvgIpc) is 3.58. The molecule has 4 unspecified atom stereocenters. The topological polar surface area (TPSA) is 87.2 Å². The Labute approximate surface area is 255 Å². The molecule has 2 amide bonds. The van der Waals surface area contributed by atoms with Gasteiger partial charge in [0.15, 0.2) is 0 Å². The predicted octanol–water partition coefficient (Wildman–Crippen LogP) is 5.03. The van der Waals surface area contributed by atoms with E-state index in [1.807, 2.05) is 48.2 Å². The second-order valence-corrected chi connectivity index (χ2v) is 13.7. The number of benzene rings is 1. The molecular weight excluding hydrogens is 548 g/mol.